The van der Waals surface area contributed by atoms with Crippen LogP contribution in [0.2, 0.25) is 0 Å². The maximum atomic E-state index is 13.7. The van der Waals surface area contributed by atoms with Crippen molar-refractivity contribution in [2.75, 3.05) is 18.4 Å². The van der Waals surface area contributed by atoms with Gasteiger partial charge in [0, 0.05) is 32.1 Å². The molecule has 0 atom stereocenters. The van der Waals surface area contributed by atoms with Crippen LogP contribution in [0.1, 0.15) is 44.2 Å². The first-order chi connectivity index (χ1) is 12.9. The van der Waals surface area contributed by atoms with Crippen LogP contribution in [0.4, 0.5) is 10.1 Å². The minimum atomic E-state index is -0.274. The van der Waals surface area contributed by atoms with E-state index in [2.05, 4.69) is 19.2 Å². The second-order valence-corrected chi connectivity index (χ2v) is 6.92. The number of halogens is 1. The second kappa shape index (κ2) is 9.86. The molecule has 0 aliphatic rings. The molecular weight excluding hydrogens is 343 g/mol. The van der Waals surface area contributed by atoms with Crippen LogP contribution in [-0.2, 0) is 16.0 Å². The highest BCUT2D eigenvalue weighted by atomic mass is 19.1. The molecule has 2 rings (SSSR count). The summed E-state index contributed by atoms with van der Waals surface area (Å²) in [4.78, 5) is 25.6. The lowest BCUT2D eigenvalue weighted by Crippen LogP contribution is -2.33. The van der Waals surface area contributed by atoms with Gasteiger partial charge in [0.05, 0.1) is 0 Å². The van der Waals surface area contributed by atoms with Gasteiger partial charge in [-0.15, -0.1) is 0 Å². The fourth-order valence-corrected chi connectivity index (χ4v) is 2.79. The number of anilines is 1. The summed E-state index contributed by atoms with van der Waals surface area (Å²) in [5.41, 5.74) is 2.52. The van der Waals surface area contributed by atoms with Gasteiger partial charge in [-0.2, -0.15) is 0 Å². The summed E-state index contributed by atoms with van der Waals surface area (Å²) in [6, 6.07) is 14.3. The number of amides is 2. The molecule has 2 amide bonds. The minimum absolute atomic E-state index is 0.125. The second-order valence-electron chi connectivity index (χ2n) is 6.92. The Kier molecular flexibility index (Phi) is 7.53. The third-order valence-electron chi connectivity index (χ3n) is 4.52. The highest BCUT2D eigenvalue weighted by Crippen LogP contribution is 2.17. The third-order valence-corrected chi connectivity index (χ3v) is 4.52. The van der Waals surface area contributed by atoms with Gasteiger partial charge >= 0.3 is 0 Å². The summed E-state index contributed by atoms with van der Waals surface area (Å²) < 4.78 is 13.7. The first kappa shape index (κ1) is 20.6. The number of hydrogen-bond donors (Lipinski definition) is 1. The molecule has 0 saturated carbocycles. The zero-order chi connectivity index (χ0) is 19.8. The SMILES string of the molecule is CC(=O)N(CCC(=O)Nc1ccc(C(C)C)cc1)CCc1ccccc1F. The van der Waals surface area contributed by atoms with Gasteiger partial charge in [-0.1, -0.05) is 44.2 Å². The Labute approximate surface area is 160 Å². The summed E-state index contributed by atoms with van der Waals surface area (Å²) >= 11 is 0. The molecule has 0 unspecified atom stereocenters. The van der Waals surface area contributed by atoms with E-state index in [1.807, 2.05) is 24.3 Å². The number of carbonyl (C=O) groups excluding carboxylic acids is 2. The van der Waals surface area contributed by atoms with Crippen molar-refractivity contribution in [1.29, 1.82) is 0 Å². The van der Waals surface area contributed by atoms with E-state index < -0.39 is 0 Å². The molecule has 0 radical (unpaired) electrons. The van der Waals surface area contributed by atoms with E-state index >= 15 is 0 Å². The van der Waals surface area contributed by atoms with Crippen molar-refractivity contribution in [3.05, 3.63) is 65.5 Å². The van der Waals surface area contributed by atoms with Crippen molar-refractivity contribution in [2.45, 2.75) is 39.5 Å². The lowest BCUT2D eigenvalue weighted by atomic mass is 10.0. The predicted molar refractivity (Wildman–Crippen MR) is 106 cm³/mol. The highest BCUT2D eigenvalue weighted by Gasteiger charge is 2.13. The maximum absolute atomic E-state index is 13.7. The molecule has 0 aliphatic heterocycles. The van der Waals surface area contributed by atoms with Crippen LogP contribution in [0.25, 0.3) is 0 Å². The number of carbonyl (C=O) groups is 2. The van der Waals surface area contributed by atoms with Crippen molar-refractivity contribution >= 4 is 17.5 Å². The zero-order valence-electron chi connectivity index (χ0n) is 16.2. The number of nitrogens with zero attached hydrogens (tertiary/aromatic N) is 1. The van der Waals surface area contributed by atoms with Crippen molar-refractivity contribution in [1.82, 2.24) is 4.90 Å². The topological polar surface area (TPSA) is 49.4 Å². The summed E-state index contributed by atoms with van der Waals surface area (Å²) in [5, 5.41) is 2.85. The Morgan fingerprint density at radius 3 is 2.30 bits per heavy atom. The lowest BCUT2D eigenvalue weighted by molar-refractivity contribution is -0.129. The quantitative estimate of drug-likeness (QED) is 0.750. The van der Waals surface area contributed by atoms with E-state index in [0.29, 0.717) is 31.0 Å². The fourth-order valence-electron chi connectivity index (χ4n) is 2.79. The normalized spacial score (nSPS) is 10.7. The van der Waals surface area contributed by atoms with Gasteiger partial charge in [-0.3, -0.25) is 9.59 Å². The molecule has 1 N–H and O–H groups in total. The van der Waals surface area contributed by atoms with Gasteiger partial charge in [-0.05, 0) is 41.7 Å². The van der Waals surface area contributed by atoms with Gasteiger partial charge < -0.3 is 10.2 Å². The minimum Gasteiger partial charge on any atom is -0.342 e. The molecule has 0 spiro atoms. The summed E-state index contributed by atoms with van der Waals surface area (Å²) in [5.74, 6) is -0.109. The van der Waals surface area contributed by atoms with Gasteiger partial charge in [0.1, 0.15) is 5.82 Å². The Hall–Kier alpha value is -2.69. The van der Waals surface area contributed by atoms with Crippen LogP contribution < -0.4 is 5.32 Å². The van der Waals surface area contributed by atoms with Crippen LogP contribution in [-0.4, -0.2) is 29.8 Å². The van der Waals surface area contributed by atoms with Crippen LogP contribution in [0, 0.1) is 5.82 Å². The average molecular weight is 370 g/mol. The Morgan fingerprint density at radius 1 is 1.04 bits per heavy atom. The summed E-state index contributed by atoms with van der Waals surface area (Å²) in [6.45, 7) is 6.38. The van der Waals surface area contributed by atoms with Crippen LogP contribution in [0.15, 0.2) is 48.5 Å². The molecule has 2 aromatic carbocycles. The van der Waals surface area contributed by atoms with E-state index in [1.54, 1.807) is 23.1 Å². The zero-order valence-corrected chi connectivity index (χ0v) is 16.2. The third kappa shape index (κ3) is 6.51. The molecule has 0 bridgehead atoms. The highest BCUT2D eigenvalue weighted by molar-refractivity contribution is 5.91. The van der Waals surface area contributed by atoms with Crippen molar-refractivity contribution in [2.24, 2.45) is 0 Å². The standard InChI is InChI=1S/C22H27FN2O2/c1-16(2)18-8-10-20(11-9-18)24-22(27)13-15-25(17(3)26)14-12-19-6-4-5-7-21(19)23/h4-11,16H,12-15H2,1-3H3,(H,24,27). The molecular formula is C22H27FN2O2. The largest absolute Gasteiger partial charge is 0.342 e. The van der Waals surface area contributed by atoms with Crippen molar-refractivity contribution in [3.8, 4) is 0 Å². The monoisotopic (exact) mass is 370 g/mol. The molecule has 2 aromatic rings. The number of hydrogen-bond acceptors (Lipinski definition) is 2. The number of nitrogens with one attached hydrogen (secondary N) is 1. The van der Waals surface area contributed by atoms with E-state index in [1.165, 1.54) is 18.6 Å². The molecule has 0 fully saturated rings. The van der Waals surface area contributed by atoms with Gasteiger partial charge in [0.2, 0.25) is 11.8 Å². The molecule has 144 valence electrons. The molecule has 4 nitrogen and oxygen atoms in total. The van der Waals surface area contributed by atoms with Crippen molar-refractivity contribution in [3.63, 3.8) is 0 Å². The molecule has 0 saturated heterocycles. The van der Waals surface area contributed by atoms with Gasteiger partial charge in [0.25, 0.3) is 0 Å². The van der Waals surface area contributed by atoms with Crippen LogP contribution in [0.5, 0.6) is 0 Å². The smallest absolute Gasteiger partial charge is 0.226 e. The number of rotatable bonds is 8. The van der Waals surface area contributed by atoms with Crippen LogP contribution >= 0.6 is 0 Å². The average Bonchev–Trinajstić information content (AvgIpc) is 2.63. The predicted octanol–water partition coefficient (Wildman–Crippen LogP) is 4.37. The van der Waals surface area contributed by atoms with Gasteiger partial charge in [0.15, 0.2) is 0 Å². The molecule has 27 heavy (non-hydrogen) atoms. The molecule has 0 aromatic heterocycles. The van der Waals surface area contributed by atoms with E-state index in [9.17, 15) is 14.0 Å². The van der Waals surface area contributed by atoms with Crippen LogP contribution in [0.3, 0.4) is 0 Å². The summed E-state index contributed by atoms with van der Waals surface area (Å²) in [7, 11) is 0. The molecule has 0 aliphatic carbocycles. The number of benzene rings is 2. The molecule has 5 heteroatoms. The lowest BCUT2D eigenvalue weighted by Gasteiger charge is -2.21. The Morgan fingerprint density at radius 2 is 1.70 bits per heavy atom. The fraction of sp³-hybridized carbons (Fsp3) is 0.364. The van der Waals surface area contributed by atoms with E-state index in [4.69, 9.17) is 0 Å². The van der Waals surface area contributed by atoms with Gasteiger partial charge in [-0.25, -0.2) is 4.39 Å². The Bertz CT molecular complexity index is 772. The maximum Gasteiger partial charge on any atom is 0.226 e. The van der Waals surface area contributed by atoms with E-state index in [0.717, 1.165) is 5.69 Å². The summed E-state index contributed by atoms with van der Waals surface area (Å²) in [6.07, 6.45) is 0.618. The Balaban J connectivity index is 1.84. The van der Waals surface area contributed by atoms with E-state index in [-0.39, 0.29) is 24.1 Å². The first-order valence-corrected chi connectivity index (χ1v) is 9.25. The molecule has 0 heterocycles. The first-order valence-electron chi connectivity index (χ1n) is 9.25. The van der Waals surface area contributed by atoms with Crippen molar-refractivity contribution < 1.29 is 14.0 Å².